The third-order valence-corrected chi connectivity index (χ3v) is 3.50. The minimum absolute atomic E-state index is 0.0241. The third kappa shape index (κ3) is 5.20. The van der Waals surface area contributed by atoms with Gasteiger partial charge >= 0.3 is 5.97 Å². The zero-order valence-corrected chi connectivity index (χ0v) is 14.9. The molecule has 0 aliphatic rings. The standard InChI is InChI=1S/C18H24N2O5/c1-4-6-8-23-15-10-13(19-12-17(15)24-9-7-5-2)14-11-16(25-20-14)18(21)22-3/h10-12H,4-9H2,1-3H3. The van der Waals surface area contributed by atoms with Crippen LogP contribution in [0, 0.1) is 0 Å². The Hall–Kier alpha value is -2.57. The molecule has 2 aromatic heterocycles. The molecule has 0 atom stereocenters. The highest BCUT2D eigenvalue weighted by molar-refractivity contribution is 5.87. The van der Waals surface area contributed by atoms with Crippen molar-refractivity contribution in [1.82, 2.24) is 10.1 Å². The summed E-state index contributed by atoms with van der Waals surface area (Å²) in [6.45, 7) is 5.41. The molecule has 0 unspecified atom stereocenters. The van der Waals surface area contributed by atoms with Gasteiger partial charge in [-0.1, -0.05) is 31.8 Å². The summed E-state index contributed by atoms with van der Waals surface area (Å²) >= 11 is 0. The maximum Gasteiger partial charge on any atom is 0.376 e. The van der Waals surface area contributed by atoms with Crippen molar-refractivity contribution in [1.29, 1.82) is 0 Å². The highest BCUT2D eigenvalue weighted by Gasteiger charge is 2.17. The van der Waals surface area contributed by atoms with Crippen LogP contribution in [0.5, 0.6) is 11.5 Å². The van der Waals surface area contributed by atoms with Gasteiger partial charge < -0.3 is 18.7 Å². The van der Waals surface area contributed by atoms with E-state index in [1.54, 1.807) is 12.3 Å². The lowest BCUT2D eigenvalue weighted by molar-refractivity contribution is 0.0554. The minimum atomic E-state index is -0.585. The fraction of sp³-hybridized carbons (Fsp3) is 0.500. The minimum Gasteiger partial charge on any atom is -0.490 e. The molecule has 2 rings (SSSR count). The van der Waals surface area contributed by atoms with Crippen molar-refractivity contribution in [3.05, 3.63) is 24.1 Å². The van der Waals surface area contributed by atoms with Crippen molar-refractivity contribution in [2.45, 2.75) is 39.5 Å². The van der Waals surface area contributed by atoms with Crippen LogP contribution in [0.25, 0.3) is 11.4 Å². The number of carbonyl (C=O) groups excluding carboxylic acids is 1. The maximum atomic E-state index is 11.5. The lowest BCUT2D eigenvalue weighted by Gasteiger charge is -2.13. The Morgan fingerprint density at radius 3 is 2.36 bits per heavy atom. The first-order chi connectivity index (χ1) is 12.2. The molecule has 2 aromatic rings. The number of nitrogens with zero attached hydrogens (tertiary/aromatic N) is 2. The summed E-state index contributed by atoms with van der Waals surface area (Å²) in [5.74, 6) is 0.649. The Labute approximate surface area is 147 Å². The first-order valence-corrected chi connectivity index (χ1v) is 8.50. The van der Waals surface area contributed by atoms with Crippen LogP contribution in [0.3, 0.4) is 0 Å². The molecule has 0 saturated carbocycles. The number of carbonyl (C=O) groups is 1. The zero-order valence-electron chi connectivity index (χ0n) is 14.9. The van der Waals surface area contributed by atoms with Gasteiger partial charge in [-0.2, -0.15) is 0 Å². The van der Waals surface area contributed by atoms with Crippen LogP contribution in [-0.2, 0) is 4.74 Å². The van der Waals surface area contributed by atoms with Crippen LogP contribution >= 0.6 is 0 Å². The van der Waals surface area contributed by atoms with E-state index in [4.69, 9.17) is 14.0 Å². The molecule has 2 heterocycles. The van der Waals surface area contributed by atoms with Gasteiger partial charge in [-0.05, 0) is 12.8 Å². The second-order valence-corrected chi connectivity index (χ2v) is 5.49. The average molecular weight is 348 g/mol. The molecule has 0 aliphatic heterocycles. The summed E-state index contributed by atoms with van der Waals surface area (Å²) in [5, 5.41) is 3.86. The molecular formula is C18H24N2O5. The van der Waals surface area contributed by atoms with Crippen LogP contribution in [0.1, 0.15) is 50.1 Å². The number of methoxy groups -OCH3 is 1. The highest BCUT2D eigenvalue weighted by atomic mass is 16.5. The van der Waals surface area contributed by atoms with Gasteiger partial charge in [0.25, 0.3) is 0 Å². The third-order valence-electron chi connectivity index (χ3n) is 3.50. The molecule has 0 bridgehead atoms. The van der Waals surface area contributed by atoms with Gasteiger partial charge in [-0.25, -0.2) is 4.79 Å². The van der Waals surface area contributed by atoms with Crippen LogP contribution in [-0.4, -0.2) is 36.4 Å². The van der Waals surface area contributed by atoms with Gasteiger partial charge in [0.1, 0.15) is 5.69 Å². The van der Waals surface area contributed by atoms with E-state index in [0.717, 1.165) is 25.7 Å². The maximum absolute atomic E-state index is 11.5. The van der Waals surface area contributed by atoms with Gasteiger partial charge in [0.2, 0.25) is 5.76 Å². The van der Waals surface area contributed by atoms with Crippen LogP contribution in [0.2, 0.25) is 0 Å². The number of hydrogen-bond donors (Lipinski definition) is 0. The summed E-state index contributed by atoms with van der Waals surface area (Å²) < 4.78 is 21.2. The van der Waals surface area contributed by atoms with E-state index >= 15 is 0 Å². The topological polar surface area (TPSA) is 83.7 Å². The van der Waals surface area contributed by atoms with E-state index in [-0.39, 0.29) is 5.76 Å². The van der Waals surface area contributed by atoms with Gasteiger partial charge in [0, 0.05) is 12.1 Å². The predicted molar refractivity (Wildman–Crippen MR) is 91.9 cm³/mol. The smallest absolute Gasteiger partial charge is 0.376 e. The highest BCUT2D eigenvalue weighted by Crippen LogP contribution is 2.31. The molecule has 0 saturated heterocycles. The van der Waals surface area contributed by atoms with E-state index in [1.165, 1.54) is 13.2 Å². The fourth-order valence-corrected chi connectivity index (χ4v) is 2.03. The Kier molecular flexibility index (Phi) is 7.25. The number of hydrogen-bond acceptors (Lipinski definition) is 7. The molecule has 25 heavy (non-hydrogen) atoms. The van der Waals surface area contributed by atoms with Gasteiger partial charge in [0.15, 0.2) is 11.5 Å². The number of aromatic nitrogens is 2. The predicted octanol–water partition coefficient (Wildman–Crippen LogP) is 3.88. The van der Waals surface area contributed by atoms with Crippen LogP contribution in [0.15, 0.2) is 22.9 Å². The van der Waals surface area contributed by atoms with Crippen molar-refractivity contribution < 1.29 is 23.5 Å². The summed E-state index contributed by atoms with van der Waals surface area (Å²) in [4.78, 5) is 15.8. The molecule has 0 amide bonds. The summed E-state index contributed by atoms with van der Waals surface area (Å²) in [6.07, 6.45) is 5.60. The molecule has 0 N–H and O–H groups in total. The quantitative estimate of drug-likeness (QED) is 0.476. The molecule has 0 aliphatic carbocycles. The Morgan fingerprint density at radius 1 is 1.04 bits per heavy atom. The average Bonchev–Trinajstić information content (AvgIpc) is 3.12. The van der Waals surface area contributed by atoms with Gasteiger partial charge in [-0.15, -0.1) is 0 Å². The molecule has 7 heteroatoms. The molecule has 0 fully saturated rings. The number of rotatable bonds is 10. The van der Waals surface area contributed by atoms with Crippen LogP contribution < -0.4 is 9.47 Å². The molecule has 0 radical (unpaired) electrons. The molecule has 0 aromatic carbocycles. The van der Waals surface area contributed by atoms with Crippen molar-refractivity contribution in [3.63, 3.8) is 0 Å². The van der Waals surface area contributed by atoms with E-state index in [9.17, 15) is 4.79 Å². The van der Waals surface area contributed by atoms with E-state index in [0.29, 0.717) is 36.1 Å². The summed E-state index contributed by atoms with van der Waals surface area (Å²) in [7, 11) is 1.28. The molecule has 7 nitrogen and oxygen atoms in total. The second kappa shape index (κ2) is 9.66. The van der Waals surface area contributed by atoms with Crippen molar-refractivity contribution in [2.24, 2.45) is 0 Å². The Bertz CT molecular complexity index is 684. The van der Waals surface area contributed by atoms with Crippen molar-refractivity contribution >= 4 is 5.97 Å². The van der Waals surface area contributed by atoms with E-state index in [1.807, 2.05) is 0 Å². The number of esters is 1. The first-order valence-electron chi connectivity index (χ1n) is 8.50. The van der Waals surface area contributed by atoms with E-state index < -0.39 is 5.97 Å². The van der Waals surface area contributed by atoms with Gasteiger partial charge in [-0.3, -0.25) is 4.98 Å². The number of pyridine rings is 1. The fourth-order valence-electron chi connectivity index (χ4n) is 2.03. The molecule has 0 spiro atoms. The zero-order chi connectivity index (χ0) is 18.1. The first kappa shape index (κ1) is 18.8. The normalized spacial score (nSPS) is 10.5. The number of unbranched alkanes of at least 4 members (excludes halogenated alkanes) is 2. The largest absolute Gasteiger partial charge is 0.490 e. The molecule has 136 valence electrons. The SMILES string of the molecule is CCCCOc1cnc(-c2cc(C(=O)OC)on2)cc1OCCCC. The Balaban J connectivity index is 2.21. The summed E-state index contributed by atoms with van der Waals surface area (Å²) in [5.41, 5.74) is 0.967. The summed E-state index contributed by atoms with van der Waals surface area (Å²) in [6, 6.07) is 3.23. The lowest BCUT2D eigenvalue weighted by Crippen LogP contribution is -2.03. The van der Waals surface area contributed by atoms with Crippen molar-refractivity contribution in [3.8, 4) is 22.9 Å². The second-order valence-electron chi connectivity index (χ2n) is 5.49. The lowest BCUT2D eigenvalue weighted by atomic mass is 10.2. The molecular weight excluding hydrogens is 324 g/mol. The van der Waals surface area contributed by atoms with Crippen molar-refractivity contribution in [2.75, 3.05) is 20.3 Å². The van der Waals surface area contributed by atoms with E-state index in [2.05, 4.69) is 28.7 Å². The Morgan fingerprint density at radius 2 is 1.72 bits per heavy atom. The van der Waals surface area contributed by atoms with Crippen LogP contribution in [0.4, 0.5) is 0 Å². The monoisotopic (exact) mass is 348 g/mol. The van der Waals surface area contributed by atoms with Gasteiger partial charge in [0.05, 0.1) is 32.2 Å². The number of ether oxygens (including phenoxy) is 3.